The predicted octanol–water partition coefficient (Wildman–Crippen LogP) is 3.48. The molecule has 74 valence electrons. The van der Waals surface area contributed by atoms with E-state index >= 15 is 0 Å². The van der Waals surface area contributed by atoms with Crippen LogP contribution in [0.1, 0.15) is 34.6 Å². The lowest BCUT2D eigenvalue weighted by Crippen LogP contribution is -1.88. The predicted molar refractivity (Wildman–Crippen MR) is 56.8 cm³/mol. The highest BCUT2D eigenvalue weighted by molar-refractivity contribution is 5.15. The topological polar surface area (TPSA) is 33.1 Å². The summed E-state index contributed by atoms with van der Waals surface area (Å²) in [5.41, 5.74) is 1.28. The lowest BCUT2D eigenvalue weighted by molar-refractivity contribution is 0.330. The third-order valence-corrected chi connectivity index (χ3v) is 1.21. The third kappa shape index (κ3) is 16.1. The zero-order chi connectivity index (χ0) is 10.6. The Morgan fingerprint density at radius 2 is 1.67 bits per heavy atom. The molecule has 2 heteroatoms. The van der Waals surface area contributed by atoms with Gasteiger partial charge in [-0.2, -0.15) is 0 Å². The highest BCUT2D eigenvalue weighted by atomic mass is 16.5. The van der Waals surface area contributed by atoms with Crippen molar-refractivity contribution >= 4 is 6.72 Å². The zero-order valence-corrected chi connectivity index (χ0v) is 9.27. The van der Waals surface area contributed by atoms with Gasteiger partial charge in [-0.1, -0.05) is 27.7 Å². The first-order valence-corrected chi connectivity index (χ1v) is 4.23. The van der Waals surface area contributed by atoms with Crippen LogP contribution in [0.2, 0.25) is 0 Å². The molecular weight excluding hydrogens is 150 g/mol. The van der Waals surface area contributed by atoms with E-state index in [9.17, 15) is 0 Å². The first-order valence-electron chi connectivity index (χ1n) is 4.23. The molecule has 0 saturated heterocycles. The normalized spacial score (nSPS) is 9.08. The van der Waals surface area contributed by atoms with Gasteiger partial charge < -0.3 is 10.1 Å². The Hall–Kier alpha value is -0.790. The van der Waals surface area contributed by atoms with Crippen LogP contribution < -0.4 is 0 Å². The van der Waals surface area contributed by atoms with Crippen LogP contribution in [0.3, 0.4) is 0 Å². The molecule has 0 aliphatic carbocycles. The summed E-state index contributed by atoms with van der Waals surface area (Å²) < 4.78 is 4.80. The molecule has 0 saturated carbocycles. The Balaban J connectivity index is -0.000000175. The van der Waals surface area contributed by atoms with Gasteiger partial charge in [0.05, 0.1) is 13.4 Å². The standard InChI is InChI=1S/C7H14O.C2H6.CH3N/c1-6(2)7(3)5-8-4;2*1-2/h5-6H,1-4H3;1-2H3;2H,1H2/b7-5+;;. The summed E-state index contributed by atoms with van der Waals surface area (Å²) in [6, 6.07) is 0. The third-order valence-electron chi connectivity index (χ3n) is 1.21. The maximum atomic E-state index is 5.50. The van der Waals surface area contributed by atoms with Crippen LogP contribution in [0.15, 0.2) is 11.8 Å². The van der Waals surface area contributed by atoms with Gasteiger partial charge in [0.15, 0.2) is 0 Å². The Morgan fingerprint density at radius 1 is 1.33 bits per heavy atom. The minimum absolute atomic E-state index is 0.606. The Labute approximate surface area is 77.1 Å². The van der Waals surface area contributed by atoms with E-state index < -0.39 is 0 Å². The molecule has 12 heavy (non-hydrogen) atoms. The minimum atomic E-state index is 0.606. The Bertz CT molecular complexity index is 98.0. The molecule has 0 bridgehead atoms. The van der Waals surface area contributed by atoms with Gasteiger partial charge >= 0.3 is 0 Å². The molecule has 2 nitrogen and oxygen atoms in total. The van der Waals surface area contributed by atoms with Crippen molar-refractivity contribution < 1.29 is 4.74 Å². The highest BCUT2D eigenvalue weighted by Crippen LogP contribution is 2.06. The van der Waals surface area contributed by atoms with E-state index in [1.54, 1.807) is 13.4 Å². The lowest BCUT2D eigenvalue weighted by atomic mass is 10.1. The maximum absolute atomic E-state index is 5.50. The SMILES string of the molecule is C=N.CC.CO/C=C(\C)C(C)C. The van der Waals surface area contributed by atoms with Crippen LogP contribution in [0.5, 0.6) is 0 Å². The second-order valence-corrected chi connectivity index (χ2v) is 2.25. The van der Waals surface area contributed by atoms with Crippen molar-refractivity contribution in [3.63, 3.8) is 0 Å². The van der Waals surface area contributed by atoms with E-state index in [4.69, 9.17) is 10.1 Å². The maximum Gasteiger partial charge on any atom is 0.0816 e. The largest absolute Gasteiger partial charge is 0.504 e. The molecule has 0 atom stereocenters. The van der Waals surface area contributed by atoms with Crippen LogP contribution in [0, 0.1) is 11.3 Å². The van der Waals surface area contributed by atoms with Gasteiger partial charge in [-0.25, -0.2) is 0 Å². The van der Waals surface area contributed by atoms with Crippen molar-refractivity contribution in [2.75, 3.05) is 7.11 Å². The molecule has 0 rings (SSSR count). The van der Waals surface area contributed by atoms with Crippen LogP contribution in [-0.2, 0) is 4.74 Å². The van der Waals surface area contributed by atoms with E-state index in [0.29, 0.717) is 5.92 Å². The van der Waals surface area contributed by atoms with Crippen molar-refractivity contribution in [2.24, 2.45) is 5.92 Å². The first kappa shape index (κ1) is 17.3. The molecule has 0 aromatic heterocycles. The number of hydrogen-bond acceptors (Lipinski definition) is 2. The Kier molecular flexibility index (Phi) is 24.1. The van der Waals surface area contributed by atoms with Gasteiger partial charge in [0.1, 0.15) is 0 Å². The molecule has 0 radical (unpaired) electrons. The van der Waals surface area contributed by atoms with Gasteiger partial charge in [-0.15, -0.1) is 0 Å². The van der Waals surface area contributed by atoms with E-state index in [-0.39, 0.29) is 0 Å². The lowest BCUT2D eigenvalue weighted by Gasteiger charge is -2.01. The average molecular weight is 173 g/mol. The fraction of sp³-hybridized carbons (Fsp3) is 0.700. The molecular formula is C10H23NO. The summed E-state index contributed by atoms with van der Waals surface area (Å²) in [5.74, 6) is 0.606. The van der Waals surface area contributed by atoms with E-state index in [0.717, 1.165) is 0 Å². The second kappa shape index (κ2) is 16.7. The summed E-state index contributed by atoms with van der Waals surface area (Å²) >= 11 is 0. The Morgan fingerprint density at radius 3 is 1.75 bits per heavy atom. The van der Waals surface area contributed by atoms with Gasteiger partial charge in [0.25, 0.3) is 0 Å². The monoisotopic (exact) mass is 173 g/mol. The van der Waals surface area contributed by atoms with Crippen LogP contribution >= 0.6 is 0 Å². The van der Waals surface area contributed by atoms with Gasteiger partial charge in [-0.3, -0.25) is 0 Å². The number of rotatable bonds is 2. The van der Waals surface area contributed by atoms with Crippen LogP contribution in [0.4, 0.5) is 0 Å². The molecule has 0 aromatic rings. The van der Waals surface area contributed by atoms with Gasteiger partial charge in [0.2, 0.25) is 0 Å². The molecule has 0 unspecified atom stereocenters. The van der Waals surface area contributed by atoms with Crippen LogP contribution in [0.25, 0.3) is 0 Å². The highest BCUT2D eigenvalue weighted by Gasteiger charge is 1.93. The zero-order valence-electron chi connectivity index (χ0n) is 9.27. The van der Waals surface area contributed by atoms with Gasteiger partial charge in [-0.05, 0) is 25.1 Å². The molecule has 0 fully saturated rings. The quantitative estimate of drug-likeness (QED) is 0.503. The number of ether oxygens (including phenoxy) is 1. The summed E-state index contributed by atoms with van der Waals surface area (Å²) in [7, 11) is 1.67. The molecule has 0 aromatic carbocycles. The second-order valence-electron chi connectivity index (χ2n) is 2.25. The van der Waals surface area contributed by atoms with Crippen molar-refractivity contribution in [3.05, 3.63) is 11.8 Å². The smallest absolute Gasteiger partial charge is 0.0816 e. The van der Waals surface area contributed by atoms with E-state index in [1.165, 1.54) is 5.57 Å². The molecule has 0 amide bonds. The van der Waals surface area contributed by atoms with E-state index in [1.807, 2.05) is 13.8 Å². The fourth-order valence-corrected chi connectivity index (χ4v) is 0.322. The first-order chi connectivity index (χ1) is 5.68. The van der Waals surface area contributed by atoms with Crippen LogP contribution in [-0.4, -0.2) is 13.8 Å². The minimum Gasteiger partial charge on any atom is -0.504 e. The number of nitrogens with one attached hydrogen (secondary N) is 1. The van der Waals surface area contributed by atoms with Gasteiger partial charge in [0, 0.05) is 0 Å². The molecule has 0 spiro atoms. The fourth-order valence-electron chi connectivity index (χ4n) is 0.322. The summed E-state index contributed by atoms with van der Waals surface area (Å²) in [4.78, 5) is 0. The molecule has 0 heterocycles. The number of allylic oxidation sites excluding steroid dienone is 1. The van der Waals surface area contributed by atoms with Crippen molar-refractivity contribution in [1.29, 1.82) is 5.41 Å². The van der Waals surface area contributed by atoms with Crippen molar-refractivity contribution in [2.45, 2.75) is 34.6 Å². The number of hydrogen-bond donors (Lipinski definition) is 1. The number of methoxy groups -OCH3 is 1. The average Bonchev–Trinajstić information content (AvgIpc) is 2.12. The molecule has 0 aliphatic heterocycles. The summed E-state index contributed by atoms with van der Waals surface area (Å²) in [5, 5.41) is 5.50. The summed E-state index contributed by atoms with van der Waals surface area (Å²) in [6.07, 6.45) is 1.78. The molecule has 1 N–H and O–H groups in total. The summed E-state index contributed by atoms with van der Waals surface area (Å²) in [6.45, 7) is 12.9. The van der Waals surface area contributed by atoms with Crippen molar-refractivity contribution in [1.82, 2.24) is 0 Å². The van der Waals surface area contributed by atoms with Crippen molar-refractivity contribution in [3.8, 4) is 0 Å². The van der Waals surface area contributed by atoms with E-state index in [2.05, 4.69) is 27.5 Å². The molecule has 0 aliphatic rings.